The van der Waals surface area contributed by atoms with Gasteiger partial charge >= 0.3 is 0 Å². The predicted molar refractivity (Wildman–Crippen MR) is 58.7 cm³/mol. The van der Waals surface area contributed by atoms with Crippen LogP contribution in [0.15, 0.2) is 35.3 Å². The summed E-state index contributed by atoms with van der Waals surface area (Å²) in [6.07, 6.45) is 1.30. The molecule has 0 amide bonds. The van der Waals surface area contributed by atoms with Crippen LogP contribution in [0.1, 0.15) is 17.5 Å². The van der Waals surface area contributed by atoms with E-state index in [0.717, 1.165) is 0 Å². The first-order valence-electron chi connectivity index (χ1n) is 4.75. The number of nitrogens with zero attached hydrogens (tertiary/aromatic N) is 2. The molecule has 0 aliphatic carbocycles. The topological polar surface area (TPSA) is 69.2 Å². The summed E-state index contributed by atoms with van der Waals surface area (Å²) in [5.41, 5.74) is 1.82. The van der Waals surface area contributed by atoms with Crippen molar-refractivity contribution in [1.82, 2.24) is 4.98 Å². The Kier molecular flexibility index (Phi) is 2.44. The van der Waals surface area contributed by atoms with Crippen molar-refractivity contribution in [2.45, 2.75) is 13.0 Å². The van der Waals surface area contributed by atoms with Crippen LogP contribution in [-0.4, -0.2) is 9.91 Å². The molecule has 2 aromatic rings. The van der Waals surface area contributed by atoms with Crippen molar-refractivity contribution in [2.24, 2.45) is 0 Å². The van der Waals surface area contributed by atoms with Gasteiger partial charge in [0, 0.05) is 17.4 Å². The first-order valence-corrected chi connectivity index (χ1v) is 4.75. The van der Waals surface area contributed by atoms with Gasteiger partial charge < -0.3 is 4.42 Å². The minimum atomic E-state index is -0.901. The van der Waals surface area contributed by atoms with Gasteiger partial charge in [0.15, 0.2) is 11.5 Å². The van der Waals surface area contributed by atoms with E-state index >= 15 is 0 Å². The van der Waals surface area contributed by atoms with E-state index in [-0.39, 0.29) is 4.92 Å². The van der Waals surface area contributed by atoms with Gasteiger partial charge in [-0.05, 0) is 24.3 Å². The van der Waals surface area contributed by atoms with Gasteiger partial charge in [0.05, 0.1) is 0 Å². The Morgan fingerprint density at radius 3 is 3.00 bits per heavy atom. The van der Waals surface area contributed by atoms with E-state index in [0.29, 0.717) is 22.6 Å². The lowest BCUT2D eigenvalue weighted by Gasteiger charge is -2.03. The zero-order valence-corrected chi connectivity index (χ0v) is 8.71. The average molecular weight is 218 g/mol. The first kappa shape index (κ1) is 10.4. The fourth-order valence-electron chi connectivity index (χ4n) is 1.59. The molecule has 0 saturated heterocycles. The molecule has 0 fully saturated rings. The van der Waals surface area contributed by atoms with Crippen LogP contribution in [0, 0.1) is 17.0 Å². The maximum Gasteiger partial charge on any atom is 0.256 e. The van der Waals surface area contributed by atoms with Gasteiger partial charge in [-0.1, -0.05) is 6.58 Å². The molecule has 1 heterocycles. The summed E-state index contributed by atoms with van der Waals surface area (Å²) in [6.45, 7) is 5.19. The molecule has 0 bridgehead atoms. The second-order valence-corrected chi connectivity index (χ2v) is 3.43. The van der Waals surface area contributed by atoms with Crippen LogP contribution >= 0.6 is 0 Å². The molecule has 0 spiro atoms. The molecule has 2 rings (SSSR count). The number of hydrogen-bond acceptors (Lipinski definition) is 4. The normalized spacial score (nSPS) is 12.6. The molecule has 0 N–H and O–H groups in total. The van der Waals surface area contributed by atoms with Crippen LogP contribution < -0.4 is 0 Å². The first-order chi connectivity index (χ1) is 7.61. The van der Waals surface area contributed by atoms with Crippen LogP contribution in [0.3, 0.4) is 0 Å². The molecule has 82 valence electrons. The summed E-state index contributed by atoms with van der Waals surface area (Å²) >= 11 is 0. The number of rotatable bonds is 3. The summed E-state index contributed by atoms with van der Waals surface area (Å²) in [5, 5.41) is 10.8. The zero-order chi connectivity index (χ0) is 11.7. The Bertz CT molecular complexity index is 559. The molecule has 0 aliphatic heterocycles. The number of fused-ring (bicyclic) bond motifs is 1. The summed E-state index contributed by atoms with van der Waals surface area (Å²) in [5.74, 6) is 0.545. The van der Waals surface area contributed by atoms with Gasteiger partial charge in [-0.3, -0.25) is 10.1 Å². The highest BCUT2D eigenvalue weighted by Gasteiger charge is 2.19. The smallest absolute Gasteiger partial charge is 0.256 e. The maximum atomic E-state index is 10.8. The number of nitro groups is 1. The molecule has 16 heavy (non-hydrogen) atoms. The van der Waals surface area contributed by atoms with Gasteiger partial charge in [0.25, 0.3) is 6.04 Å². The third-order valence-corrected chi connectivity index (χ3v) is 2.31. The number of aryl methyl sites for hydroxylation is 1. The standard InChI is InChI=1S/C11H10N2O3/c1-3-10(13(14)15)8-4-5-11-9(6-8)12-7(2)16-11/h3-6,10H,1H2,2H3. The second kappa shape index (κ2) is 3.77. The van der Waals surface area contributed by atoms with Crippen molar-refractivity contribution < 1.29 is 9.34 Å². The summed E-state index contributed by atoms with van der Waals surface area (Å²) in [4.78, 5) is 14.5. The third kappa shape index (κ3) is 1.67. The third-order valence-electron chi connectivity index (χ3n) is 2.31. The van der Waals surface area contributed by atoms with Crippen LogP contribution in [0.2, 0.25) is 0 Å². The molecule has 0 aliphatic rings. The highest BCUT2D eigenvalue weighted by Crippen LogP contribution is 2.23. The molecule has 0 saturated carbocycles. The summed E-state index contributed by atoms with van der Waals surface area (Å²) in [7, 11) is 0. The molecule has 5 nitrogen and oxygen atoms in total. The van der Waals surface area contributed by atoms with E-state index in [9.17, 15) is 10.1 Å². The van der Waals surface area contributed by atoms with Crippen LogP contribution in [-0.2, 0) is 0 Å². The lowest BCUT2D eigenvalue weighted by atomic mass is 10.1. The van der Waals surface area contributed by atoms with E-state index in [1.165, 1.54) is 6.08 Å². The Balaban J connectivity index is 2.52. The Labute approximate surface area is 91.6 Å². The van der Waals surface area contributed by atoms with E-state index in [2.05, 4.69) is 11.6 Å². The number of aromatic nitrogens is 1. The average Bonchev–Trinajstić information content (AvgIpc) is 2.57. The van der Waals surface area contributed by atoms with E-state index in [4.69, 9.17) is 4.42 Å². The van der Waals surface area contributed by atoms with Crippen LogP contribution in [0.5, 0.6) is 0 Å². The largest absolute Gasteiger partial charge is 0.441 e. The van der Waals surface area contributed by atoms with Gasteiger partial charge in [-0.2, -0.15) is 0 Å². The molecule has 1 aromatic carbocycles. The van der Waals surface area contributed by atoms with E-state index in [1.54, 1.807) is 25.1 Å². The Hall–Kier alpha value is -2.17. The fourth-order valence-corrected chi connectivity index (χ4v) is 1.59. The monoisotopic (exact) mass is 218 g/mol. The van der Waals surface area contributed by atoms with E-state index in [1.807, 2.05) is 0 Å². The van der Waals surface area contributed by atoms with Crippen molar-refractivity contribution in [3.05, 3.63) is 52.4 Å². The minimum Gasteiger partial charge on any atom is -0.441 e. The predicted octanol–water partition coefficient (Wildman–Crippen LogP) is 2.64. The van der Waals surface area contributed by atoms with Gasteiger partial charge in [-0.25, -0.2) is 4.98 Å². The summed E-state index contributed by atoms with van der Waals surface area (Å²) < 4.78 is 5.29. The number of hydrogen-bond donors (Lipinski definition) is 0. The Morgan fingerprint density at radius 1 is 1.62 bits per heavy atom. The van der Waals surface area contributed by atoms with Crippen molar-refractivity contribution in [3.8, 4) is 0 Å². The molecule has 1 aromatic heterocycles. The van der Waals surface area contributed by atoms with Crippen molar-refractivity contribution >= 4 is 11.1 Å². The zero-order valence-electron chi connectivity index (χ0n) is 8.71. The van der Waals surface area contributed by atoms with Gasteiger partial charge in [-0.15, -0.1) is 0 Å². The fraction of sp³-hybridized carbons (Fsp3) is 0.182. The molecule has 0 radical (unpaired) electrons. The van der Waals surface area contributed by atoms with Crippen molar-refractivity contribution in [1.29, 1.82) is 0 Å². The lowest BCUT2D eigenvalue weighted by Crippen LogP contribution is -2.06. The van der Waals surface area contributed by atoms with Crippen LogP contribution in [0.4, 0.5) is 0 Å². The van der Waals surface area contributed by atoms with Gasteiger partial charge in [0.1, 0.15) is 5.52 Å². The van der Waals surface area contributed by atoms with Crippen molar-refractivity contribution in [3.63, 3.8) is 0 Å². The van der Waals surface area contributed by atoms with Gasteiger partial charge in [0.2, 0.25) is 0 Å². The summed E-state index contributed by atoms with van der Waals surface area (Å²) in [6, 6.07) is 4.09. The lowest BCUT2D eigenvalue weighted by molar-refractivity contribution is -0.515. The molecule has 1 unspecified atom stereocenters. The molecule has 1 atom stereocenters. The highest BCUT2D eigenvalue weighted by molar-refractivity contribution is 5.73. The number of benzene rings is 1. The van der Waals surface area contributed by atoms with E-state index < -0.39 is 6.04 Å². The Morgan fingerprint density at radius 2 is 2.38 bits per heavy atom. The molecular formula is C11H10N2O3. The second-order valence-electron chi connectivity index (χ2n) is 3.43. The quantitative estimate of drug-likeness (QED) is 0.451. The minimum absolute atomic E-state index is 0.388. The van der Waals surface area contributed by atoms with Crippen LogP contribution in [0.25, 0.3) is 11.1 Å². The molecule has 5 heteroatoms. The number of oxazole rings is 1. The SMILES string of the molecule is C=CC(c1ccc2oc(C)nc2c1)[N+](=O)[O-]. The van der Waals surface area contributed by atoms with Crippen molar-refractivity contribution in [2.75, 3.05) is 0 Å². The molecular weight excluding hydrogens is 208 g/mol. The maximum absolute atomic E-state index is 10.8. The highest BCUT2D eigenvalue weighted by atomic mass is 16.6.